The molecule has 1 aliphatic heterocycles. The van der Waals surface area contributed by atoms with Crippen molar-refractivity contribution >= 4 is 17.7 Å². The highest BCUT2D eigenvalue weighted by atomic mass is 16.2. The summed E-state index contributed by atoms with van der Waals surface area (Å²) in [5.41, 5.74) is 1.70. The van der Waals surface area contributed by atoms with Gasteiger partial charge >= 0.3 is 0 Å². The van der Waals surface area contributed by atoms with E-state index in [-0.39, 0.29) is 30.2 Å². The largest absolute Gasteiger partial charge is 0.349 e. The zero-order valence-corrected chi connectivity index (χ0v) is 13.7. The van der Waals surface area contributed by atoms with Gasteiger partial charge in [0.1, 0.15) is 6.04 Å². The van der Waals surface area contributed by atoms with Crippen molar-refractivity contribution < 1.29 is 14.4 Å². The van der Waals surface area contributed by atoms with Crippen LogP contribution >= 0.6 is 0 Å². The molecule has 1 aromatic carbocycles. The second-order valence-corrected chi connectivity index (χ2v) is 6.63. The first-order valence-corrected chi connectivity index (χ1v) is 8.48. The number of rotatable bonds is 5. The molecule has 0 bridgehead atoms. The van der Waals surface area contributed by atoms with Crippen LogP contribution in [0.25, 0.3) is 0 Å². The number of hydrogen-bond acceptors (Lipinski definition) is 3. The lowest BCUT2D eigenvalue weighted by Crippen LogP contribution is -2.45. The first-order chi connectivity index (χ1) is 12.1. The van der Waals surface area contributed by atoms with Gasteiger partial charge in [0.05, 0.1) is 12.0 Å². The molecule has 128 valence electrons. The van der Waals surface area contributed by atoms with Crippen LogP contribution in [0, 0.1) is 0 Å². The molecule has 25 heavy (non-hydrogen) atoms. The Balaban J connectivity index is 1.53. The Morgan fingerprint density at radius 3 is 2.56 bits per heavy atom. The van der Waals surface area contributed by atoms with Crippen LogP contribution in [-0.2, 0) is 16.1 Å². The van der Waals surface area contributed by atoms with Crippen molar-refractivity contribution in [3.8, 4) is 0 Å². The van der Waals surface area contributed by atoms with Crippen LogP contribution in [0.2, 0.25) is 0 Å². The summed E-state index contributed by atoms with van der Waals surface area (Å²) >= 11 is 0. The molecule has 1 N–H and O–H groups in total. The van der Waals surface area contributed by atoms with Gasteiger partial charge in [0.2, 0.25) is 11.8 Å². The Kier molecular flexibility index (Phi) is 3.87. The Morgan fingerprint density at radius 2 is 1.92 bits per heavy atom. The van der Waals surface area contributed by atoms with Crippen molar-refractivity contribution in [2.24, 2.45) is 0 Å². The quantitative estimate of drug-likeness (QED) is 0.842. The standard InChI is InChI=1S/C19H19N3O3/c23-17-10-16(18(24)20-17)22(15-6-7-15)19(25)14-8-9-21(12-14)11-13-4-2-1-3-5-13/h1-5,8-9,12,15-16H,6-7,10-11H2,(H,20,23,24)/t16-/m1/s1. The van der Waals surface area contributed by atoms with E-state index >= 15 is 0 Å². The van der Waals surface area contributed by atoms with Crippen molar-refractivity contribution in [3.63, 3.8) is 0 Å². The minimum absolute atomic E-state index is 0.0613. The van der Waals surface area contributed by atoms with Gasteiger partial charge in [-0.3, -0.25) is 19.7 Å². The van der Waals surface area contributed by atoms with Gasteiger partial charge in [-0.25, -0.2) is 0 Å². The van der Waals surface area contributed by atoms with Gasteiger partial charge in [0.25, 0.3) is 5.91 Å². The SMILES string of the molecule is O=C1C[C@@H](N(C(=O)c2ccn(Cc3ccccc3)c2)C2CC2)C(=O)N1. The third kappa shape index (κ3) is 3.20. The number of imide groups is 1. The van der Waals surface area contributed by atoms with Gasteiger partial charge in [-0.2, -0.15) is 0 Å². The molecule has 2 aliphatic rings. The van der Waals surface area contributed by atoms with E-state index in [9.17, 15) is 14.4 Å². The first-order valence-electron chi connectivity index (χ1n) is 8.48. The maximum atomic E-state index is 13.0. The number of benzene rings is 1. The van der Waals surface area contributed by atoms with E-state index in [4.69, 9.17) is 0 Å². The number of nitrogens with zero attached hydrogens (tertiary/aromatic N) is 2. The number of hydrogen-bond donors (Lipinski definition) is 1. The van der Waals surface area contributed by atoms with Crippen LogP contribution in [0.4, 0.5) is 0 Å². The minimum Gasteiger partial charge on any atom is -0.349 e. The molecule has 1 saturated heterocycles. The third-order valence-electron chi connectivity index (χ3n) is 4.66. The molecule has 2 aromatic rings. The van der Waals surface area contributed by atoms with Crippen molar-refractivity contribution in [1.82, 2.24) is 14.8 Å². The zero-order chi connectivity index (χ0) is 17.4. The van der Waals surface area contributed by atoms with Gasteiger partial charge < -0.3 is 9.47 Å². The molecule has 6 nitrogen and oxygen atoms in total. The van der Waals surface area contributed by atoms with Crippen LogP contribution in [0.3, 0.4) is 0 Å². The topological polar surface area (TPSA) is 71.4 Å². The summed E-state index contributed by atoms with van der Waals surface area (Å²) in [6.45, 7) is 0.681. The van der Waals surface area contributed by atoms with Gasteiger partial charge in [0.15, 0.2) is 0 Å². The van der Waals surface area contributed by atoms with Crippen molar-refractivity contribution in [2.45, 2.75) is 37.9 Å². The lowest BCUT2D eigenvalue weighted by atomic mass is 10.1. The number of nitrogens with one attached hydrogen (secondary N) is 1. The van der Waals surface area contributed by atoms with Crippen LogP contribution < -0.4 is 5.32 Å². The molecular weight excluding hydrogens is 318 g/mol. The van der Waals surface area contributed by atoms with E-state index in [0.717, 1.165) is 18.4 Å². The summed E-state index contributed by atoms with van der Waals surface area (Å²) in [5, 5.41) is 2.30. The smallest absolute Gasteiger partial charge is 0.256 e. The second kappa shape index (κ2) is 6.20. The van der Waals surface area contributed by atoms with Gasteiger partial charge in [-0.1, -0.05) is 30.3 Å². The normalized spacial score (nSPS) is 19.8. The summed E-state index contributed by atoms with van der Waals surface area (Å²) in [6.07, 6.45) is 5.50. The van der Waals surface area contributed by atoms with Crippen LogP contribution in [-0.4, -0.2) is 39.3 Å². The molecule has 0 radical (unpaired) electrons. The molecule has 0 unspecified atom stereocenters. The monoisotopic (exact) mass is 337 g/mol. The minimum atomic E-state index is -0.676. The highest BCUT2D eigenvalue weighted by molar-refractivity contribution is 6.08. The van der Waals surface area contributed by atoms with Gasteiger partial charge in [-0.05, 0) is 24.5 Å². The van der Waals surface area contributed by atoms with Crippen molar-refractivity contribution in [2.75, 3.05) is 0 Å². The summed E-state index contributed by atoms with van der Waals surface area (Å²) in [7, 11) is 0. The highest BCUT2D eigenvalue weighted by Gasteiger charge is 2.44. The molecule has 1 saturated carbocycles. The molecule has 2 fully saturated rings. The predicted octanol–water partition coefficient (Wildman–Crippen LogP) is 1.56. The molecule has 2 heterocycles. The summed E-state index contributed by atoms with van der Waals surface area (Å²) in [6, 6.07) is 11.2. The van der Waals surface area contributed by atoms with Crippen molar-refractivity contribution in [1.29, 1.82) is 0 Å². The van der Waals surface area contributed by atoms with Crippen LogP contribution in [0.1, 0.15) is 35.2 Å². The highest BCUT2D eigenvalue weighted by Crippen LogP contribution is 2.32. The predicted molar refractivity (Wildman–Crippen MR) is 90.7 cm³/mol. The fourth-order valence-electron chi connectivity index (χ4n) is 3.29. The summed E-state index contributed by atoms with van der Waals surface area (Å²) in [5.74, 6) is -0.853. The molecule has 0 spiro atoms. The number of amides is 3. The average Bonchev–Trinajstić information content (AvgIpc) is 3.23. The molecule has 1 aromatic heterocycles. The van der Waals surface area contributed by atoms with Gasteiger partial charge in [-0.15, -0.1) is 0 Å². The molecule has 1 atom stereocenters. The lowest BCUT2D eigenvalue weighted by Gasteiger charge is -2.26. The van der Waals surface area contributed by atoms with E-state index in [1.807, 2.05) is 41.1 Å². The van der Waals surface area contributed by atoms with E-state index in [2.05, 4.69) is 5.32 Å². The Morgan fingerprint density at radius 1 is 1.16 bits per heavy atom. The molecule has 1 aliphatic carbocycles. The molecular formula is C19H19N3O3. The molecule has 3 amide bonds. The van der Waals surface area contributed by atoms with E-state index < -0.39 is 6.04 Å². The molecule has 6 heteroatoms. The Hall–Kier alpha value is -2.89. The van der Waals surface area contributed by atoms with E-state index in [1.165, 1.54) is 0 Å². The Bertz CT molecular complexity index is 823. The maximum absolute atomic E-state index is 13.0. The molecule has 4 rings (SSSR count). The first kappa shape index (κ1) is 15.6. The van der Waals surface area contributed by atoms with E-state index in [0.29, 0.717) is 12.1 Å². The van der Waals surface area contributed by atoms with Crippen LogP contribution in [0.15, 0.2) is 48.8 Å². The number of carbonyl (C=O) groups excluding carboxylic acids is 3. The van der Waals surface area contributed by atoms with Gasteiger partial charge in [0, 0.05) is 25.0 Å². The van der Waals surface area contributed by atoms with Crippen molar-refractivity contribution in [3.05, 3.63) is 59.9 Å². The zero-order valence-electron chi connectivity index (χ0n) is 13.7. The third-order valence-corrected chi connectivity index (χ3v) is 4.66. The second-order valence-electron chi connectivity index (χ2n) is 6.63. The summed E-state index contributed by atoms with van der Waals surface area (Å²) < 4.78 is 1.95. The fraction of sp³-hybridized carbons (Fsp3) is 0.316. The lowest BCUT2D eigenvalue weighted by molar-refractivity contribution is -0.126. The summed E-state index contributed by atoms with van der Waals surface area (Å²) in [4.78, 5) is 38.1. The number of carbonyl (C=O) groups is 3. The fourth-order valence-corrected chi connectivity index (χ4v) is 3.29. The van der Waals surface area contributed by atoms with E-state index in [1.54, 1.807) is 17.2 Å². The maximum Gasteiger partial charge on any atom is 0.256 e. The Labute approximate surface area is 145 Å². The van der Waals surface area contributed by atoms with Crippen LogP contribution in [0.5, 0.6) is 0 Å². The average molecular weight is 337 g/mol. The number of aromatic nitrogens is 1.